The molecule has 26 heavy (non-hydrogen) atoms. The Morgan fingerprint density at radius 1 is 1.23 bits per heavy atom. The minimum atomic E-state index is -0.701. The molecule has 0 unspecified atom stereocenters. The van der Waals surface area contributed by atoms with Gasteiger partial charge in [-0.3, -0.25) is 14.9 Å². The predicted octanol–water partition coefficient (Wildman–Crippen LogP) is 2.68. The summed E-state index contributed by atoms with van der Waals surface area (Å²) in [5.41, 5.74) is 0.790. The number of methoxy groups -OCH3 is 1. The molecule has 0 spiro atoms. The monoisotopic (exact) mass is 371 g/mol. The number of fused-ring (bicyclic) bond motifs is 1. The van der Waals surface area contributed by atoms with Gasteiger partial charge in [-0.2, -0.15) is 4.99 Å². The van der Waals surface area contributed by atoms with Crippen LogP contribution < -0.4 is 4.80 Å². The number of nitro groups is 1. The van der Waals surface area contributed by atoms with Crippen molar-refractivity contribution in [3.63, 3.8) is 0 Å². The van der Waals surface area contributed by atoms with E-state index in [1.165, 1.54) is 36.6 Å². The Hall–Kier alpha value is -3.33. The van der Waals surface area contributed by atoms with Crippen LogP contribution in [-0.2, 0) is 11.8 Å². The molecule has 0 aliphatic carbocycles. The van der Waals surface area contributed by atoms with E-state index in [2.05, 4.69) is 4.99 Å². The number of carbonyl (C=O) groups is 2. The van der Waals surface area contributed by atoms with Crippen LogP contribution in [0.3, 0.4) is 0 Å². The molecule has 0 N–H and O–H groups in total. The molecule has 2 aromatic carbocycles. The first-order chi connectivity index (χ1) is 12.4. The summed E-state index contributed by atoms with van der Waals surface area (Å²) in [5.74, 6) is -1.16. The van der Waals surface area contributed by atoms with Crippen molar-refractivity contribution >= 4 is 39.1 Å². The van der Waals surface area contributed by atoms with Crippen LogP contribution >= 0.6 is 11.3 Å². The van der Waals surface area contributed by atoms with Gasteiger partial charge in [0, 0.05) is 13.1 Å². The number of rotatable bonds is 3. The number of para-hydroxylation sites is 1. The lowest BCUT2D eigenvalue weighted by Gasteiger charge is -1.99. The number of carbonyl (C=O) groups excluding carboxylic acids is 2. The van der Waals surface area contributed by atoms with Crippen molar-refractivity contribution in [2.24, 2.45) is 12.0 Å². The second-order valence-electron chi connectivity index (χ2n) is 5.31. The van der Waals surface area contributed by atoms with Crippen LogP contribution in [0.2, 0.25) is 0 Å². The quantitative estimate of drug-likeness (QED) is 0.400. The Morgan fingerprint density at radius 3 is 2.65 bits per heavy atom. The fourth-order valence-corrected chi connectivity index (χ4v) is 3.50. The van der Waals surface area contributed by atoms with E-state index in [1.807, 2.05) is 0 Å². The molecule has 0 fully saturated rings. The maximum atomic E-state index is 12.4. The number of nitro benzene ring substituents is 1. The normalized spacial score (nSPS) is 11.5. The molecule has 9 heteroatoms. The zero-order valence-corrected chi connectivity index (χ0v) is 14.6. The van der Waals surface area contributed by atoms with Crippen molar-refractivity contribution in [3.8, 4) is 0 Å². The Kier molecular flexibility index (Phi) is 4.63. The summed E-state index contributed by atoms with van der Waals surface area (Å²) in [6.45, 7) is 0. The number of aromatic nitrogens is 1. The average Bonchev–Trinajstić information content (AvgIpc) is 2.95. The van der Waals surface area contributed by atoms with Gasteiger partial charge in [-0.05, 0) is 24.3 Å². The Morgan fingerprint density at radius 2 is 1.96 bits per heavy atom. The molecule has 3 aromatic rings. The third kappa shape index (κ3) is 3.11. The maximum absolute atomic E-state index is 12.4. The molecule has 0 saturated carbocycles. The number of amides is 1. The molecule has 132 valence electrons. The summed E-state index contributed by atoms with van der Waals surface area (Å²) >= 11 is 1.20. The maximum Gasteiger partial charge on any atom is 0.337 e. The third-order valence-corrected chi connectivity index (χ3v) is 4.85. The lowest BCUT2D eigenvalue weighted by atomic mass is 10.2. The fourth-order valence-electron chi connectivity index (χ4n) is 2.45. The summed E-state index contributed by atoms with van der Waals surface area (Å²) in [4.78, 5) is 38.9. The van der Waals surface area contributed by atoms with Crippen LogP contribution in [0.25, 0.3) is 10.2 Å². The van der Waals surface area contributed by atoms with Gasteiger partial charge in [-0.25, -0.2) is 4.79 Å². The highest BCUT2D eigenvalue weighted by atomic mass is 32.1. The molecule has 0 atom stereocenters. The number of hydrogen-bond donors (Lipinski definition) is 0. The van der Waals surface area contributed by atoms with Gasteiger partial charge in [0.1, 0.15) is 5.56 Å². The molecule has 0 aliphatic rings. The minimum absolute atomic E-state index is 0.0785. The van der Waals surface area contributed by atoms with Gasteiger partial charge in [0.15, 0.2) is 4.80 Å². The summed E-state index contributed by atoms with van der Waals surface area (Å²) in [5, 5.41) is 11.1. The highest BCUT2D eigenvalue weighted by Crippen LogP contribution is 2.21. The van der Waals surface area contributed by atoms with E-state index in [9.17, 15) is 19.7 Å². The van der Waals surface area contributed by atoms with E-state index in [-0.39, 0.29) is 11.3 Å². The smallest absolute Gasteiger partial charge is 0.337 e. The summed E-state index contributed by atoms with van der Waals surface area (Å²) in [7, 11) is 3.02. The van der Waals surface area contributed by atoms with Gasteiger partial charge in [-0.1, -0.05) is 23.5 Å². The number of hydrogen-bond acceptors (Lipinski definition) is 6. The van der Waals surface area contributed by atoms with Gasteiger partial charge < -0.3 is 9.30 Å². The van der Waals surface area contributed by atoms with E-state index in [0.717, 1.165) is 10.2 Å². The molecule has 0 saturated heterocycles. The van der Waals surface area contributed by atoms with Crippen molar-refractivity contribution < 1.29 is 19.2 Å². The lowest BCUT2D eigenvalue weighted by molar-refractivity contribution is -0.385. The molecule has 0 bridgehead atoms. The van der Waals surface area contributed by atoms with Crippen molar-refractivity contribution in [2.45, 2.75) is 0 Å². The van der Waals surface area contributed by atoms with E-state index < -0.39 is 16.8 Å². The van der Waals surface area contributed by atoms with E-state index in [4.69, 9.17) is 4.74 Å². The molecule has 3 rings (SSSR count). The van der Waals surface area contributed by atoms with Crippen LogP contribution in [0.5, 0.6) is 0 Å². The predicted molar refractivity (Wildman–Crippen MR) is 95.1 cm³/mol. The largest absolute Gasteiger partial charge is 0.465 e. The van der Waals surface area contributed by atoms with Crippen molar-refractivity contribution in [2.75, 3.05) is 7.11 Å². The number of ether oxygens (including phenoxy) is 1. The summed E-state index contributed by atoms with van der Waals surface area (Å²) < 4.78 is 7.13. The standard InChI is InChI=1S/C17H13N3O5S/c1-19-13-8-7-10(16(22)25-2)9-14(13)26-17(19)18-15(21)11-5-3-4-6-12(11)20(23)24/h3-9H,1-2H3. The average molecular weight is 371 g/mol. The Bertz CT molecular complexity index is 1110. The van der Waals surface area contributed by atoms with Gasteiger partial charge >= 0.3 is 5.97 Å². The third-order valence-electron chi connectivity index (χ3n) is 3.76. The Labute approximate surface area is 151 Å². The molecular weight excluding hydrogens is 358 g/mol. The first kappa shape index (κ1) is 17.5. The minimum Gasteiger partial charge on any atom is -0.465 e. The van der Waals surface area contributed by atoms with Gasteiger partial charge in [0.25, 0.3) is 11.6 Å². The van der Waals surface area contributed by atoms with Gasteiger partial charge in [0.2, 0.25) is 0 Å². The van der Waals surface area contributed by atoms with E-state index in [1.54, 1.807) is 35.9 Å². The molecule has 1 heterocycles. The van der Waals surface area contributed by atoms with Crippen molar-refractivity contribution in [1.82, 2.24) is 4.57 Å². The molecule has 0 aliphatic heterocycles. The van der Waals surface area contributed by atoms with E-state index in [0.29, 0.717) is 10.4 Å². The SMILES string of the molecule is COC(=O)c1ccc2c(c1)sc(=NC(=O)c1ccccc1[N+](=O)[O-])n2C. The first-order valence-electron chi connectivity index (χ1n) is 7.42. The number of nitrogens with zero attached hydrogens (tertiary/aromatic N) is 3. The molecule has 0 radical (unpaired) electrons. The van der Waals surface area contributed by atoms with Crippen LogP contribution in [0.15, 0.2) is 47.5 Å². The molecular formula is C17H13N3O5S. The van der Waals surface area contributed by atoms with E-state index >= 15 is 0 Å². The van der Waals surface area contributed by atoms with Gasteiger partial charge in [-0.15, -0.1) is 0 Å². The molecule has 1 amide bonds. The number of esters is 1. The Balaban J connectivity index is 2.10. The zero-order valence-electron chi connectivity index (χ0n) is 13.8. The second kappa shape index (κ2) is 6.89. The van der Waals surface area contributed by atoms with Crippen LogP contribution in [0.1, 0.15) is 20.7 Å². The fraction of sp³-hybridized carbons (Fsp3) is 0.118. The van der Waals surface area contributed by atoms with Gasteiger partial charge in [0.05, 0.1) is 27.8 Å². The van der Waals surface area contributed by atoms with Crippen molar-refractivity contribution in [1.29, 1.82) is 0 Å². The highest BCUT2D eigenvalue weighted by Gasteiger charge is 2.19. The van der Waals surface area contributed by atoms with Crippen molar-refractivity contribution in [3.05, 3.63) is 68.5 Å². The summed E-state index contributed by atoms with van der Waals surface area (Å²) in [6, 6.07) is 10.7. The zero-order chi connectivity index (χ0) is 18.8. The lowest BCUT2D eigenvalue weighted by Crippen LogP contribution is -2.14. The highest BCUT2D eigenvalue weighted by molar-refractivity contribution is 7.16. The molecule has 8 nitrogen and oxygen atoms in total. The van der Waals surface area contributed by atoms with Crippen LogP contribution in [0, 0.1) is 10.1 Å². The second-order valence-corrected chi connectivity index (χ2v) is 6.32. The first-order valence-corrected chi connectivity index (χ1v) is 8.24. The number of thiazole rings is 1. The summed E-state index contributed by atoms with van der Waals surface area (Å²) in [6.07, 6.45) is 0. The van der Waals surface area contributed by atoms with Crippen LogP contribution in [0.4, 0.5) is 5.69 Å². The number of benzene rings is 2. The van der Waals surface area contributed by atoms with Crippen LogP contribution in [-0.4, -0.2) is 28.5 Å². The molecule has 1 aromatic heterocycles. The number of aryl methyl sites for hydroxylation is 1. The topological polar surface area (TPSA) is 104 Å².